The molecule has 0 radical (unpaired) electrons. The third-order valence-corrected chi connectivity index (χ3v) is 5.59. The van der Waals surface area contributed by atoms with Crippen molar-refractivity contribution in [2.24, 2.45) is 0 Å². The fourth-order valence-corrected chi connectivity index (χ4v) is 3.66. The Morgan fingerprint density at radius 1 is 1.17 bits per heavy atom. The molecule has 0 aliphatic heterocycles. The molecule has 152 valence electrons. The first-order valence-corrected chi connectivity index (χ1v) is 10.6. The third-order valence-electron chi connectivity index (χ3n) is 4.26. The van der Waals surface area contributed by atoms with Crippen LogP contribution in [0.2, 0.25) is 5.02 Å². The molecule has 0 spiro atoms. The van der Waals surface area contributed by atoms with Crippen molar-refractivity contribution in [1.82, 2.24) is 14.8 Å². The van der Waals surface area contributed by atoms with E-state index in [1.807, 2.05) is 61.7 Å². The first-order valence-electron chi connectivity index (χ1n) is 9.31. The molecule has 8 heteroatoms. The van der Waals surface area contributed by atoms with Crippen molar-refractivity contribution in [3.05, 3.63) is 64.9 Å². The van der Waals surface area contributed by atoms with Crippen LogP contribution in [0.3, 0.4) is 0 Å². The number of nitrogens with zero attached hydrogens (tertiary/aromatic N) is 3. The summed E-state index contributed by atoms with van der Waals surface area (Å²) in [5.74, 6) is 1.33. The minimum absolute atomic E-state index is 0.0801. The van der Waals surface area contributed by atoms with Crippen LogP contribution < -0.4 is 10.1 Å². The number of hydrogen-bond acceptors (Lipinski definition) is 5. The van der Waals surface area contributed by atoms with Crippen LogP contribution in [0, 0.1) is 6.92 Å². The summed E-state index contributed by atoms with van der Waals surface area (Å²) in [5, 5.41) is 12.4. The number of halogens is 1. The second-order valence-electron chi connectivity index (χ2n) is 6.50. The Bertz CT molecular complexity index is 958. The highest BCUT2D eigenvalue weighted by Gasteiger charge is 2.20. The highest BCUT2D eigenvalue weighted by atomic mass is 35.5. The number of carbonyl (C=O) groups excluding carboxylic acids is 1. The maximum absolute atomic E-state index is 12.5. The van der Waals surface area contributed by atoms with Crippen LogP contribution in [-0.2, 0) is 17.9 Å². The molecule has 3 aromatic rings. The van der Waals surface area contributed by atoms with Crippen LogP contribution in [0.5, 0.6) is 5.75 Å². The van der Waals surface area contributed by atoms with E-state index in [0.29, 0.717) is 28.3 Å². The molecule has 0 aliphatic carbocycles. The zero-order valence-corrected chi connectivity index (χ0v) is 18.1. The Hall–Kier alpha value is -2.51. The highest BCUT2D eigenvalue weighted by Crippen LogP contribution is 2.24. The van der Waals surface area contributed by atoms with Crippen LogP contribution >= 0.6 is 23.4 Å². The number of carbonyl (C=O) groups is 1. The number of amides is 1. The molecule has 1 aromatic heterocycles. The average molecular weight is 431 g/mol. The van der Waals surface area contributed by atoms with Crippen molar-refractivity contribution in [1.29, 1.82) is 0 Å². The van der Waals surface area contributed by atoms with Crippen LogP contribution in [-0.4, -0.2) is 25.9 Å². The van der Waals surface area contributed by atoms with Gasteiger partial charge in [0.05, 0.1) is 5.25 Å². The van der Waals surface area contributed by atoms with Crippen molar-refractivity contribution in [2.45, 2.75) is 44.3 Å². The largest absolute Gasteiger partial charge is 0.486 e. The number of aryl methyl sites for hydroxylation is 1. The molecule has 0 unspecified atom stereocenters. The van der Waals surface area contributed by atoms with Gasteiger partial charge in [0, 0.05) is 17.3 Å². The molecule has 0 bridgehead atoms. The minimum Gasteiger partial charge on any atom is -0.486 e. The van der Waals surface area contributed by atoms with Gasteiger partial charge in [-0.3, -0.25) is 4.79 Å². The van der Waals surface area contributed by atoms with Crippen molar-refractivity contribution in [3.8, 4) is 5.75 Å². The van der Waals surface area contributed by atoms with Gasteiger partial charge in [0.25, 0.3) is 0 Å². The second kappa shape index (κ2) is 9.80. The van der Waals surface area contributed by atoms with Crippen LogP contribution in [0.25, 0.3) is 0 Å². The molecule has 1 heterocycles. The summed E-state index contributed by atoms with van der Waals surface area (Å²) >= 11 is 7.27. The van der Waals surface area contributed by atoms with Crippen molar-refractivity contribution >= 4 is 35.0 Å². The number of ether oxygens (including phenoxy) is 1. The lowest BCUT2D eigenvalue weighted by Gasteiger charge is -2.13. The lowest BCUT2D eigenvalue weighted by Crippen LogP contribution is -2.23. The zero-order valence-electron chi connectivity index (χ0n) is 16.6. The summed E-state index contributed by atoms with van der Waals surface area (Å²) < 4.78 is 7.73. The topological polar surface area (TPSA) is 69.0 Å². The minimum atomic E-state index is -0.323. The first-order chi connectivity index (χ1) is 14.0. The van der Waals surface area contributed by atoms with E-state index in [-0.39, 0.29) is 17.8 Å². The van der Waals surface area contributed by atoms with Crippen molar-refractivity contribution in [3.63, 3.8) is 0 Å². The molecule has 1 amide bonds. The quantitative estimate of drug-likeness (QED) is 0.511. The van der Waals surface area contributed by atoms with E-state index in [0.717, 1.165) is 11.3 Å². The smallest absolute Gasteiger partial charge is 0.237 e. The fourth-order valence-electron chi connectivity index (χ4n) is 2.60. The monoisotopic (exact) mass is 430 g/mol. The van der Waals surface area contributed by atoms with Crippen LogP contribution in [0.15, 0.2) is 53.7 Å². The number of nitrogens with one attached hydrogen (secondary N) is 1. The Morgan fingerprint density at radius 2 is 1.86 bits per heavy atom. The number of hydrogen-bond donors (Lipinski definition) is 1. The van der Waals surface area contributed by atoms with E-state index in [2.05, 4.69) is 15.5 Å². The van der Waals surface area contributed by atoms with Gasteiger partial charge < -0.3 is 14.6 Å². The zero-order chi connectivity index (χ0) is 20.8. The van der Waals surface area contributed by atoms with Gasteiger partial charge in [-0.25, -0.2) is 0 Å². The highest BCUT2D eigenvalue weighted by molar-refractivity contribution is 8.00. The molecule has 2 aromatic carbocycles. The lowest BCUT2D eigenvalue weighted by molar-refractivity contribution is -0.115. The number of anilines is 1. The fraction of sp³-hybridized carbons (Fsp3) is 0.286. The summed E-state index contributed by atoms with van der Waals surface area (Å²) in [7, 11) is 0. The van der Waals surface area contributed by atoms with Gasteiger partial charge in [-0.1, -0.05) is 41.1 Å². The maximum atomic E-state index is 12.5. The molecular formula is C21H23ClN4O2S. The molecule has 0 saturated carbocycles. The Kier molecular flexibility index (Phi) is 7.17. The van der Waals surface area contributed by atoms with Gasteiger partial charge in [-0.2, -0.15) is 0 Å². The molecule has 0 fully saturated rings. The predicted molar refractivity (Wildman–Crippen MR) is 117 cm³/mol. The summed E-state index contributed by atoms with van der Waals surface area (Å²) in [6, 6.07) is 14.9. The Morgan fingerprint density at radius 3 is 2.52 bits per heavy atom. The molecular weight excluding hydrogens is 408 g/mol. The Balaban J connectivity index is 1.61. The van der Waals surface area contributed by atoms with E-state index in [9.17, 15) is 4.79 Å². The van der Waals surface area contributed by atoms with Gasteiger partial charge in [0.2, 0.25) is 5.91 Å². The van der Waals surface area contributed by atoms with Gasteiger partial charge in [0.15, 0.2) is 11.0 Å². The molecule has 1 N–H and O–H groups in total. The lowest BCUT2D eigenvalue weighted by atomic mass is 10.2. The van der Waals surface area contributed by atoms with Gasteiger partial charge in [0.1, 0.15) is 12.4 Å². The van der Waals surface area contributed by atoms with Crippen molar-refractivity contribution in [2.75, 3.05) is 5.32 Å². The van der Waals surface area contributed by atoms with E-state index in [1.54, 1.807) is 12.1 Å². The standard InChI is InChI=1S/C21H23ClN4O2S/c1-4-26-19(13-28-18-11-7-16(22)8-12-18)24-25-21(26)29-15(3)20(27)23-17-9-5-14(2)6-10-17/h5-12,15H,4,13H2,1-3H3,(H,23,27)/t15-/m1/s1. The summed E-state index contributed by atoms with van der Waals surface area (Å²) in [6.07, 6.45) is 0. The SMILES string of the molecule is CCn1c(COc2ccc(Cl)cc2)nnc1S[C@H](C)C(=O)Nc1ccc(C)cc1. The van der Waals surface area contributed by atoms with Gasteiger partial charge >= 0.3 is 0 Å². The molecule has 3 rings (SSSR count). The molecule has 29 heavy (non-hydrogen) atoms. The average Bonchev–Trinajstić information content (AvgIpc) is 3.10. The third kappa shape index (κ3) is 5.74. The normalized spacial score (nSPS) is 11.9. The molecule has 6 nitrogen and oxygen atoms in total. The Labute approximate surface area is 179 Å². The second-order valence-corrected chi connectivity index (χ2v) is 8.25. The summed E-state index contributed by atoms with van der Waals surface area (Å²) in [5.41, 5.74) is 1.93. The molecule has 0 aliphatic rings. The number of rotatable bonds is 8. The van der Waals surface area contributed by atoms with E-state index in [1.165, 1.54) is 11.8 Å². The van der Waals surface area contributed by atoms with E-state index in [4.69, 9.17) is 16.3 Å². The van der Waals surface area contributed by atoms with Gasteiger partial charge in [-0.15, -0.1) is 10.2 Å². The number of benzene rings is 2. The summed E-state index contributed by atoms with van der Waals surface area (Å²) in [6.45, 7) is 6.84. The number of thioether (sulfide) groups is 1. The molecule has 1 atom stereocenters. The van der Waals surface area contributed by atoms with Crippen LogP contribution in [0.1, 0.15) is 25.2 Å². The first kappa shape index (κ1) is 21.2. The van der Waals surface area contributed by atoms with E-state index >= 15 is 0 Å². The maximum Gasteiger partial charge on any atom is 0.237 e. The molecule has 0 saturated heterocycles. The van der Waals surface area contributed by atoms with Gasteiger partial charge in [-0.05, 0) is 57.2 Å². The summed E-state index contributed by atoms with van der Waals surface area (Å²) in [4.78, 5) is 12.5. The van der Waals surface area contributed by atoms with Crippen molar-refractivity contribution < 1.29 is 9.53 Å². The van der Waals surface area contributed by atoms with Crippen LogP contribution in [0.4, 0.5) is 5.69 Å². The van der Waals surface area contributed by atoms with E-state index < -0.39 is 0 Å². The predicted octanol–water partition coefficient (Wildman–Crippen LogP) is 4.96. The number of aromatic nitrogens is 3.